The van der Waals surface area contributed by atoms with E-state index in [1.165, 1.54) is 130 Å². The Bertz CT molecular complexity index is 1050. The van der Waals surface area contributed by atoms with Crippen molar-refractivity contribution in [3.8, 4) is 0 Å². The van der Waals surface area contributed by atoms with E-state index in [2.05, 4.69) is 29.8 Å². The van der Waals surface area contributed by atoms with Crippen LogP contribution in [0, 0.1) is 5.92 Å². The van der Waals surface area contributed by atoms with Crippen LogP contribution in [0.4, 0.5) is 0 Å². The zero-order valence-electron chi connectivity index (χ0n) is 36.9. The zero-order chi connectivity index (χ0) is 43.0. The summed E-state index contributed by atoms with van der Waals surface area (Å²) in [5.41, 5.74) is 0. The number of nitrogens with one attached hydrogen (secondary N) is 3. The monoisotopic (exact) mass is 828 g/mol. The van der Waals surface area contributed by atoms with Gasteiger partial charge >= 0.3 is 5.97 Å². The lowest BCUT2D eigenvalue weighted by molar-refractivity contribution is -0.293. The van der Waals surface area contributed by atoms with Crippen molar-refractivity contribution in [3.63, 3.8) is 0 Å². The first-order valence-electron chi connectivity index (χ1n) is 23.3. The van der Waals surface area contributed by atoms with Crippen LogP contribution in [-0.4, -0.2) is 101 Å². The van der Waals surface area contributed by atoms with Gasteiger partial charge in [0.05, 0.1) is 12.7 Å². The van der Waals surface area contributed by atoms with E-state index in [1.54, 1.807) is 0 Å². The van der Waals surface area contributed by atoms with Gasteiger partial charge in [-0.05, 0) is 26.2 Å². The van der Waals surface area contributed by atoms with Crippen molar-refractivity contribution in [1.29, 1.82) is 0 Å². The molecule has 13 nitrogen and oxygen atoms in total. The van der Waals surface area contributed by atoms with E-state index in [1.807, 2.05) is 0 Å². The van der Waals surface area contributed by atoms with Crippen LogP contribution >= 0.6 is 0 Å². The second kappa shape index (κ2) is 34.4. The predicted molar refractivity (Wildman–Crippen MR) is 228 cm³/mol. The second-order valence-electron chi connectivity index (χ2n) is 16.7. The zero-order valence-corrected chi connectivity index (χ0v) is 36.9. The third-order valence-electron chi connectivity index (χ3n) is 11.6. The smallest absolute Gasteiger partial charge is 0.303 e. The molecule has 0 aromatic carbocycles. The fourth-order valence-corrected chi connectivity index (χ4v) is 7.67. The van der Waals surface area contributed by atoms with Gasteiger partial charge in [-0.2, -0.15) is 0 Å². The number of carbonyl (C=O) groups excluding carboxylic acids is 3. The van der Waals surface area contributed by atoms with Crippen molar-refractivity contribution in [2.45, 2.75) is 243 Å². The van der Waals surface area contributed by atoms with Crippen molar-refractivity contribution in [3.05, 3.63) is 0 Å². The number of carboxylic acid groups (broad SMARTS) is 1. The van der Waals surface area contributed by atoms with E-state index < -0.39 is 67.2 Å². The summed E-state index contributed by atoms with van der Waals surface area (Å²) in [5.74, 6) is -3.15. The number of carboxylic acids is 1. The molecule has 7 atom stereocenters. The Kier molecular flexibility index (Phi) is 31.8. The topological polar surface area (TPSA) is 204 Å². The maximum Gasteiger partial charge on any atom is 0.303 e. The third-order valence-corrected chi connectivity index (χ3v) is 11.6. The molecule has 1 heterocycles. The molecular formula is C45H85N3O10. The number of hydrogen-bond acceptors (Lipinski definition) is 9. The van der Waals surface area contributed by atoms with Crippen molar-refractivity contribution < 1.29 is 49.1 Å². The van der Waals surface area contributed by atoms with Crippen LogP contribution in [-0.2, 0) is 28.7 Å². The van der Waals surface area contributed by atoms with Crippen LogP contribution in [0.15, 0.2) is 0 Å². The van der Waals surface area contributed by atoms with Crippen LogP contribution in [0.3, 0.4) is 0 Å². The number of likely N-dealkylation sites (N-methyl/N-ethyl adjacent to an activating group) is 1. The van der Waals surface area contributed by atoms with Gasteiger partial charge < -0.3 is 45.9 Å². The maximum atomic E-state index is 14.0. The minimum Gasteiger partial charge on any atom is -0.481 e. The maximum absolute atomic E-state index is 14.0. The van der Waals surface area contributed by atoms with Gasteiger partial charge in [0, 0.05) is 19.4 Å². The summed E-state index contributed by atoms with van der Waals surface area (Å²) in [4.78, 5) is 51.7. The molecular weight excluding hydrogens is 743 g/mol. The van der Waals surface area contributed by atoms with E-state index in [0.29, 0.717) is 12.8 Å². The summed E-state index contributed by atoms with van der Waals surface area (Å²) in [5, 5.41) is 48.1. The number of hydrogen-bond donors (Lipinski definition) is 7. The van der Waals surface area contributed by atoms with E-state index in [9.17, 15) is 39.6 Å². The summed E-state index contributed by atoms with van der Waals surface area (Å²) in [6.45, 7) is 5.51. The summed E-state index contributed by atoms with van der Waals surface area (Å²) in [7, 11) is 1.38. The van der Waals surface area contributed by atoms with Crippen LogP contribution in [0.5, 0.6) is 0 Å². The molecule has 58 heavy (non-hydrogen) atoms. The van der Waals surface area contributed by atoms with Crippen LogP contribution in [0.2, 0.25) is 0 Å². The molecule has 0 aliphatic carbocycles. The van der Waals surface area contributed by atoms with Gasteiger partial charge in [-0.15, -0.1) is 0 Å². The summed E-state index contributed by atoms with van der Waals surface area (Å²) < 4.78 is 11.3. The molecule has 0 bridgehead atoms. The normalized spacial score (nSPS) is 20.4. The predicted octanol–water partition coefficient (Wildman–Crippen LogP) is 7.21. The Morgan fingerprint density at radius 1 is 0.552 bits per heavy atom. The molecule has 0 unspecified atom stereocenters. The summed E-state index contributed by atoms with van der Waals surface area (Å²) >= 11 is 0. The van der Waals surface area contributed by atoms with Crippen LogP contribution < -0.4 is 16.0 Å². The highest BCUT2D eigenvalue weighted by atomic mass is 16.7. The van der Waals surface area contributed by atoms with Crippen LogP contribution in [0.25, 0.3) is 0 Å². The number of aliphatic carboxylic acids is 1. The third kappa shape index (κ3) is 24.7. The molecule has 1 rings (SSSR count). The lowest BCUT2D eigenvalue weighted by Gasteiger charge is -2.39. The van der Waals surface area contributed by atoms with Gasteiger partial charge in [-0.3, -0.25) is 19.2 Å². The second-order valence-corrected chi connectivity index (χ2v) is 16.7. The first kappa shape index (κ1) is 53.7. The average molecular weight is 828 g/mol. The molecule has 0 radical (unpaired) electrons. The number of rotatable bonds is 37. The highest BCUT2D eigenvalue weighted by molar-refractivity contribution is 5.92. The van der Waals surface area contributed by atoms with Gasteiger partial charge in [0.2, 0.25) is 17.7 Å². The lowest BCUT2D eigenvalue weighted by Crippen LogP contribution is -2.59. The molecule has 1 saturated heterocycles. The van der Waals surface area contributed by atoms with Crippen molar-refractivity contribution in [2.24, 2.45) is 5.92 Å². The number of aliphatic hydroxyl groups excluding tert-OH is 3. The van der Waals surface area contributed by atoms with Gasteiger partial charge in [-0.1, -0.05) is 168 Å². The van der Waals surface area contributed by atoms with Crippen LogP contribution in [0.1, 0.15) is 201 Å². The minimum atomic E-state index is -1.62. The molecule has 340 valence electrons. The number of carbonyl (C=O) groups is 4. The molecule has 1 aliphatic heterocycles. The number of amides is 3. The Balaban J connectivity index is 2.93. The summed E-state index contributed by atoms with van der Waals surface area (Å²) in [6.07, 6.45) is 23.1. The standard InChI is InChI=1S/C45H85N3O10/c1-5-7-9-11-13-15-17-19-21-23-25-27-29-35(30-28-26-24-22-20-18-16-14-12-10-8-6-2)42(54)48-37(33-57-45-41(53)40(52)39(51)34(3)58-45)44(56)47-36(43(55)46-4)31-32-38(49)50/h34-37,39-41,45,51-53H,5-33H2,1-4H3,(H,46,55)(H,47,56)(H,48,54)(H,49,50)/t34-,36-,37+,39+,40+,41-,45+/m0/s1. The quantitative estimate of drug-likeness (QED) is 0.0314. The lowest BCUT2D eigenvalue weighted by atomic mass is 9.92. The molecule has 7 N–H and O–H groups in total. The fraction of sp³-hybridized carbons (Fsp3) is 0.911. The van der Waals surface area contributed by atoms with E-state index >= 15 is 0 Å². The van der Waals surface area contributed by atoms with Gasteiger partial charge in [0.25, 0.3) is 0 Å². The number of ether oxygens (including phenoxy) is 2. The molecule has 1 aliphatic rings. The molecule has 0 saturated carbocycles. The summed E-state index contributed by atoms with van der Waals surface area (Å²) in [6, 6.07) is -2.51. The van der Waals surface area contributed by atoms with Gasteiger partial charge in [-0.25, -0.2) is 0 Å². The van der Waals surface area contributed by atoms with Crippen molar-refractivity contribution >= 4 is 23.7 Å². The molecule has 0 aromatic heterocycles. The van der Waals surface area contributed by atoms with E-state index in [0.717, 1.165) is 38.5 Å². The first-order chi connectivity index (χ1) is 28.0. The fourth-order valence-electron chi connectivity index (χ4n) is 7.67. The SMILES string of the molecule is CCCCCCCCCCCCCCC(CCCCCCCCCCCCCC)C(=O)N[C@H](CO[C@@H]1O[C@@H](C)[C@@H](O)[C@@H](O)[C@@H]1O)C(=O)N[C@@H](CCC(=O)O)C(=O)NC. The van der Waals surface area contributed by atoms with Gasteiger partial charge in [0.15, 0.2) is 6.29 Å². The van der Waals surface area contributed by atoms with Gasteiger partial charge in [0.1, 0.15) is 30.4 Å². The largest absolute Gasteiger partial charge is 0.481 e. The molecule has 1 fully saturated rings. The van der Waals surface area contributed by atoms with E-state index in [-0.39, 0.29) is 24.7 Å². The highest BCUT2D eigenvalue weighted by Crippen LogP contribution is 2.23. The Morgan fingerprint density at radius 3 is 1.38 bits per heavy atom. The van der Waals surface area contributed by atoms with Crippen molar-refractivity contribution in [2.75, 3.05) is 13.7 Å². The Labute approximate surface area is 350 Å². The van der Waals surface area contributed by atoms with E-state index in [4.69, 9.17) is 9.47 Å². The Hall–Kier alpha value is -2.32. The highest BCUT2D eigenvalue weighted by Gasteiger charge is 2.43. The molecule has 0 aromatic rings. The Morgan fingerprint density at radius 2 is 0.966 bits per heavy atom. The molecule has 0 spiro atoms. The minimum absolute atomic E-state index is 0.172. The molecule has 13 heteroatoms. The number of aliphatic hydroxyl groups is 3. The average Bonchev–Trinajstić information content (AvgIpc) is 3.21. The first-order valence-corrected chi connectivity index (χ1v) is 23.3. The molecule has 3 amide bonds. The number of unbranched alkanes of at least 4 members (excludes halogenated alkanes) is 22. The van der Waals surface area contributed by atoms with Crippen molar-refractivity contribution in [1.82, 2.24) is 16.0 Å².